The van der Waals surface area contributed by atoms with E-state index in [1.807, 2.05) is 44.2 Å². The van der Waals surface area contributed by atoms with Gasteiger partial charge in [0.25, 0.3) is 5.78 Å². The van der Waals surface area contributed by atoms with Gasteiger partial charge in [0.1, 0.15) is 0 Å². The van der Waals surface area contributed by atoms with Crippen LogP contribution in [0.5, 0.6) is 0 Å². The molecule has 0 radical (unpaired) electrons. The smallest absolute Gasteiger partial charge is 0.252 e. The molecule has 0 spiro atoms. The second-order valence-corrected chi connectivity index (χ2v) is 6.42. The lowest BCUT2D eigenvalue weighted by Crippen LogP contribution is -2.36. The zero-order valence-electron chi connectivity index (χ0n) is 14.5. The number of nitrogens with one attached hydrogen (secondary N) is 2. The Kier molecular flexibility index (Phi) is 3.87. The first-order valence-corrected chi connectivity index (χ1v) is 8.37. The maximum absolute atomic E-state index is 12.5. The third kappa shape index (κ3) is 3.01. The number of carbonyl (C=O) groups excluding carboxylic acids is 2. The van der Waals surface area contributed by atoms with Crippen molar-refractivity contribution in [1.82, 2.24) is 24.9 Å². The third-order valence-electron chi connectivity index (χ3n) is 4.32. The van der Waals surface area contributed by atoms with Crippen molar-refractivity contribution in [2.75, 3.05) is 5.32 Å². The summed E-state index contributed by atoms with van der Waals surface area (Å²) in [7, 11) is 0. The number of rotatable bonds is 3. The van der Waals surface area contributed by atoms with Gasteiger partial charge in [-0.3, -0.25) is 9.59 Å². The topological polar surface area (TPSA) is 101 Å². The predicted molar refractivity (Wildman–Crippen MR) is 94.5 cm³/mol. The van der Waals surface area contributed by atoms with Crippen molar-refractivity contribution in [3.8, 4) is 0 Å². The van der Waals surface area contributed by atoms with Crippen LogP contribution in [0.3, 0.4) is 0 Å². The number of benzene rings is 1. The molecule has 2 amide bonds. The van der Waals surface area contributed by atoms with E-state index in [0.29, 0.717) is 11.6 Å². The number of hydrogen-bond acceptors (Lipinski definition) is 5. The van der Waals surface area contributed by atoms with Gasteiger partial charge in [0.2, 0.25) is 11.8 Å². The fraction of sp³-hybridized carbons (Fsp3) is 0.278. The van der Waals surface area contributed by atoms with Gasteiger partial charge >= 0.3 is 0 Å². The molecule has 1 atom stereocenters. The van der Waals surface area contributed by atoms with Gasteiger partial charge in [0.15, 0.2) is 5.82 Å². The summed E-state index contributed by atoms with van der Waals surface area (Å²) >= 11 is 0. The van der Waals surface area contributed by atoms with Gasteiger partial charge in [0.05, 0.1) is 18.9 Å². The number of carbonyl (C=O) groups is 2. The molecule has 0 saturated heterocycles. The van der Waals surface area contributed by atoms with E-state index in [1.165, 1.54) is 0 Å². The van der Waals surface area contributed by atoms with E-state index in [4.69, 9.17) is 0 Å². The molecule has 1 aromatic carbocycles. The molecule has 0 bridgehead atoms. The van der Waals surface area contributed by atoms with Crippen LogP contribution in [0.2, 0.25) is 0 Å². The average Bonchev–Trinajstić information content (AvgIpc) is 2.97. The van der Waals surface area contributed by atoms with Crippen LogP contribution >= 0.6 is 0 Å². The van der Waals surface area contributed by atoms with E-state index < -0.39 is 0 Å². The lowest BCUT2D eigenvalue weighted by molar-refractivity contribution is -0.122. The van der Waals surface area contributed by atoms with E-state index in [1.54, 1.807) is 4.52 Å². The number of fused-ring (bicyclic) bond motifs is 2. The van der Waals surface area contributed by atoms with Crippen molar-refractivity contribution >= 4 is 23.3 Å². The average molecular weight is 350 g/mol. The summed E-state index contributed by atoms with van der Waals surface area (Å²) < 4.78 is 1.62. The minimum atomic E-state index is -0.355. The quantitative estimate of drug-likeness (QED) is 0.745. The highest BCUT2D eigenvalue weighted by Gasteiger charge is 2.26. The number of para-hydroxylation sites is 1. The largest absolute Gasteiger partial charge is 0.348 e. The number of aromatic nitrogens is 4. The summed E-state index contributed by atoms with van der Waals surface area (Å²) in [6, 6.07) is 9.01. The van der Waals surface area contributed by atoms with Gasteiger partial charge in [0, 0.05) is 17.1 Å². The molecule has 0 unspecified atom stereocenters. The minimum Gasteiger partial charge on any atom is -0.348 e. The Morgan fingerprint density at radius 1 is 1.31 bits per heavy atom. The predicted octanol–water partition coefficient (Wildman–Crippen LogP) is 1.48. The Hall–Kier alpha value is -3.29. The normalized spacial score (nSPS) is 16.2. The Morgan fingerprint density at radius 3 is 2.96 bits per heavy atom. The summed E-state index contributed by atoms with van der Waals surface area (Å²) in [5.74, 6) is 0.532. The summed E-state index contributed by atoms with van der Waals surface area (Å²) in [6.07, 6.45) is 0.239. The Labute approximate surface area is 149 Å². The standard InChI is InChI=1S/C18H18N6O2/c1-10-7-11(2)24-18(19-10)22-15(23-24)9-17(26)21-14-8-16(25)20-13-6-4-3-5-12(13)14/h3-7,14H,8-9H2,1-2H3,(H,20,25)(H,21,26)/t14-/m0/s1. The van der Waals surface area contributed by atoms with Gasteiger partial charge in [-0.1, -0.05) is 18.2 Å². The lowest BCUT2D eigenvalue weighted by Gasteiger charge is -2.26. The number of nitrogens with zero attached hydrogens (tertiary/aromatic N) is 4. The summed E-state index contributed by atoms with van der Waals surface area (Å²) in [5.41, 5.74) is 3.39. The number of anilines is 1. The highest BCUT2D eigenvalue weighted by atomic mass is 16.2. The second-order valence-electron chi connectivity index (χ2n) is 6.42. The first-order chi connectivity index (χ1) is 12.5. The van der Waals surface area contributed by atoms with E-state index in [0.717, 1.165) is 22.6 Å². The van der Waals surface area contributed by atoms with Crippen LogP contribution in [0.4, 0.5) is 5.69 Å². The van der Waals surface area contributed by atoms with Crippen LogP contribution in [0.1, 0.15) is 35.2 Å². The van der Waals surface area contributed by atoms with Gasteiger partial charge in [-0.25, -0.2) is 9.50 Å². The minimum absolute atomic E-state index is 0.0299. The first kappa shape index (κ1) is 16.2. The highest BCUT2D eigenvalue weighted by molar-refractivity contribution is 5.95. The van der Waals surface area contributed by atoms with Crippen LogP contribution in [-0.2, 0) is 16.0 Å². The molecule has 2 aromatic heterocycles. The van der Waals surface area contributed by atoms with Crippen molar-refractivity contribution in [2.45, 2.75) is 32.7 Å². The van der Waals surface area contributed by atoms with Gasteiger partial charge in [-0.15, -0.1) is 5.10 Å². The Bertz CT molecular complexity index is 1030. The SMILES string of the molecule is Cc1cc(C)n2nc(CC(=O)N[C@H]3CC(=O)Nc4ccccc43)nc2n1. The number of hydrogen-bond donors (Lipinski definition) is 2. The number of amides is 2. The molecule has 2 N–H and O–H groups in total. The molecular formula is C18H18N6O2. The molecular weight excluding hydrogens is 332 g/mol. The van der Waals surface area contributed by atoms with E-state index >= 15 is 0 Å². The second kappa shape index (κ2) is 6.21. The molecule has 1 aliphatic rings. The molecule has 3 aromatic rings. The van der Waals surface area contributed by atoms with Crippen LogP contribution in [0, 0.1) is 13.8 Å². The number of aryl methyl sites for hydroxylation is 2. The molecule has 8 heteroatoms. The van der Waals surface area contributed by atoms with Crippen molar-refractivity contribution in [3.05, 3.63) is 53.1 Å². The van der Waals surface area contributed by atoms with Gasteiger partial charge in [-0.2, -0.15) is 4.98 Å². The Balaban J connectivity index is 1.53. The van der Waals surface area contributed by atoms with Crippen molar-refractivity contribution in [1.29, 1.82) is 0 Å². The van der Waals surface area contributed by atoms with Crippen LogP contribution in [0.15, 0.2) is 30.3 Å². The molecule has 0 saturated carbocycles. The molecule has 3 heterocycles. The zero-order valence-corrected chi connectivity index (χ0v) is 14.5. The zero-order chi connectivity index (χ0) is 18.3. The van der Waals surface area contributed by atoms with Crippen molar-refractivity contribution in [2.24, 2.45) is 0 Å². The van der Waals surface area contributed by atoms with Crippen molar-refractivity contribution < 1.29 is 9.59 Å². The van der Waals surface area contributed by atoms with E-state index in [9.17, 15) is 9.59 Å². The maximum Gasteiger partial charge on any atom is 0.252 e. The summed E-state index contributed by atoms with van der Waals surface area (Å²) in [6.45, 7) is 3.80. The molecule has 0 aliphatic carbocycles. The maximum atomic E-state index is 12.5. The van der Waals surface area contributed by atoms with Gasteiger partial charge in [-0.05, 0) is 31.5 Å². The lowest BCUT2D eigenvalue weighted by atomic mass is 9.97. The highest BCUT2D eigenvalue weighted by Crippen LogP contribution is 2.29. The fourth-order valence-electron chi connectivity index (χ4n) is 3.21. The molecule has 8 nitrogen and oxygen atoms in total. The van der Waals surface area contributed by atoms with Crippen LogP contribution < -0.4 is 10.6 Å². The van der Waals surface area contributed by atoms with Crippen LogP contribution in [0.25, 0.3) is 5.78 Å². The van der Waals surface area contributed by atoms with Crippen molar-refractivity contribution in [3.63, 3.8) is 0 Å². The summed E-state index contributed by atoms with van der Waals surface area (Å²) in [4.78, 5) is 33.0. The Morgan fingerprint density at radius 2 is 2.12 bits per heavy atom. The van der Waals surface area contributed by atoms with Crippen LogP contribution in [-0.4, -0.2) is 31.4 Å². The molecule has 1 aliphatic heterocycles. The van der Waals surface area contributed by atoms with E-state index in [2.05, 4.69) is 25.7 Å². The molecule has 4 rings (SSSR count). The van der Waals surface area contributed by atoms with E-state index in [-0.39, 0.29) is 30.7 Å². The molecule has 26 heavy (non-hydrogen) atoms. The first-order valence-electron chi connectivity index (χ1n) is 8.37. The molecule has 0 fully saturated rings. The monoisotopic (exact) mass is 350 g/mol. The fourth-order valence-corrected chi connectivity index (χ4v) is 3.21. The third-order valence-corrected chi connectivity index (χ3v) is 4.32. The molecule has 132 valence electrons. The van der Waals surface area contributed by atoms with Gasteiger partial charge < -0.3 is 10.6 Å². The summed E-state index contributed by atoms with van der Waals surface area (Å²) in [5, 5.41) is 10.1.